The van der Waals surface area contributed by atoms with Crippen LogP contribution in [0.5, 0.6) is 0 Å². The first-order valence-electron chi connectivity index (χ1n) is 7.96. The summed E-state index contributed by atoms with van der Waals surface area (Å²) >= 11 is 0. The minimum atomic E-state index is -3.67. The molecule has 0 aliphatic carbocycles. The first kappa shape index (κ1) is 18.9. The normalized spacial score (nSPS) is 11.3. The van der Waals surface area contributed by atoms with Crippen LogP contribution in [0.1, 0.15) is 35.7 Å². The van der Waals surface area contributed by atoms with Gasteiger partial charge >= 0.3 is 0 Å². The van der Waals surface area contributed by atoms with Gasteiger partial charge in [-0.15, -0.1) is 6.58 Å². The molecule has 132 valence electrons. The Hall–Kier alpha value is -2.44. The standard InChI is InChI=1S/C19H22N2O3S/c1-4-12-20-25(23,24)16-9-7-8-15(13-16)19(22)21-18-11-6-5-10-17(18)14(2)3/h4-11,13-14,20H,1,12H2,2-3H3,(H,21,22). The van der Waals surface area contributed by atoms with Crippen molar-refractivity contribution in [3.8, 4) is 0 Å². The Labute approximate surface area is 148 Å². The summed E-state index contributed by atoms with van der Waals surface area (Å²) in [6, 6.07) is 13.5. The molecule has 2 N–H and O–H groups in total. The zero-order chi connectivity index (χ0) is 18.4. The van der Waals surface area contributed by atoms with Crippen molar-refractivity contribution in [2.24, 2.45) is 0 Å². The van der Waals surface area contributed by atoms with Gasteiger partial charge in [0.05, 0.1) is 4.90 Å². The Bertz CT molecular complexity index is 874. The summed E-state index contributed by atoms with van der Waals surface area (Å²) in [6.45, 7) is 7.70. The maximum atomic E-state index is 12.5. The van der Waals surface area contributed by atoms with Crippen molar-refractivity contribution in [2.45, 2.75) is 24.7 Å². The van der Waals surface area contributed by atoms with Crippen LogP contribution < -0.4 is 10.0 Å². The predicted molar refractivity (Wildman–Crippen MR) is 100 cm³/mol. The average molecular weight is 358 g/mol. The minimum absolute atomic E-state index is 0.0409. The van der Waals surface area contributed by atoms with E-state index in [2.05, 4.69) is 16.6 Å². The number of para-hydroxylation sites is 1. The second kappa shape index (κ2) is 8.09. The molecule has 0 aliphatic heterocycles. The number of nitrogens with one attached hydrogen (secondary N) is 2. The highest BCUT2D eigenvalue weighted by atomic mass is 32.2. The summed E-state index contributed by atoms with van der Waals surface area (Å²) in [4.78, 5) is 12.6. The van der Waals surface area contributed by atoms with Gasteiger partial charge in [0, 0.05) is 17.8 Å². The summed E-state index contributed by atoms with van der Waals surface area (Å²) in [5.74, 6) is -0.0970. The first-order chi connectivity index (χ1) is 11.8. The number of hydrogen-bond acceptors (Lipinski definition) is 3. The van der Waals surface area contributed by atoms with Crippen molar-refractivity contribution in [3.63, 3.8) is 0 Å². The molecule has 0 aromatic heterocycles. The highest BCUT2D eigenvalue weighted by Gasteiger charge is 2.16. The molecule has 0 bridgehead atoms. The lowest BCUT2D eigenvalue weighted by Gasteiger charge is -2.14. The monoisotopic (exact) mass is 358 g/mol. The number of rotatable bonds is 7. The van der Waals surface area contributed by atoms with E-state index in [1.165, 1.54) is 18.2 Å². The van der Waals surface area contributed by atoms with Crippen molar-refractivity contribution in [2.75, 3.05) is 11.9 Å². The van der Waals surface area contributed by atoms with Crippen molar-refractivity contribution in [1.29, 1.82) is 0 Å². The van der Waals surface area contributed by atoms with Gasteiger partial charge in [-0.3, -0.25) is 4.79 Å². The molecule has 0 aliphatic rings. The predicted octanol–water partition coefficient (Wildman–Crippen LogP) is 3.53. The zero-order valence-electron chi connectivity index (χ0n) is 14.3. The first-order valence-corrected chi connectivity index (χ1v) is 9.44. The van der Waals surface area contributed by atoms with Crippen LogP contribution in [-0.2, 0) is 10.0 Å². The number of carbonyl (C=O) groups excluding carboxylic acids is 1. The Morgan fingerprint density at radius 2 is 1.88 bits per heavy atom. The van der Waals surface area contributed by atoms with Crippen LogP contribution in [0.2, 0.25) is 0 Å². The molecule has 0 fully saturated rings. The maximum Gasteiger partial charge on any atom is 0.255 e. The van der Waals surface area contributed by atoms with E-state index >= 15 is 0 Å². The topological polar surface area (TPSA) is 75.3 Å². The fourth-order valence-corrected chi connectivity index (χ4v) is 3.41. The number of benzene rings is 2. The molecule has 0 spiro atoms. The summed E-state index contributed by atoms with van der Waals surface area (Å²) in [5, 5.41) is 2.86. The van der Waals surface area contributed by atoms with Crippen LogP contribution in [0.4, 0.5) is 5.69 Å². The summed E-state index contributed by atoms with van der Waals surface area (Å²) < 4.78 is 26.7. The third kappa shape index (κ3) is 4.78. The van der Waals surface area contributed by atoms with E-state index in [9.17, 15) is 13.2 Å². The van der Waals surface area contributed by atoms with E-state index in [1.54, 1.807) is 12.1 Å². The molecule has 5 nitrogen and oxygen atoms in total. The summed E-state index contributed by atoms with van der Waals surface area (Å²) in [5.41, 5.74) is 2.02. The van der Waals surface area contributed by atoms with E-state index in [0.717, 1.165) is 11.3 Å². The van der Waals surface area contributed by atoms with Crippen LogP contribution in [0.15, 0.2) is 66.1 Å². The van der Waals surface area contributed by atoms with Crippen molar-refractivity contribution in [3.05, 3.63) is 72.3 Å². The fraction of sp³-hybridized carbons (Fsp3) is 0.211. The van der Waals surface area contributed by atoms with Gasteiger partial charge in [-0.05, 0) is 35.7 Å². The van der Waals surface area contributed by atoms with E-state index in [0.29, 0.717) is 0 Å². The quantitative estimate of drug-likeness (QED) is 0.744. The molecule has 25 heavy (non-hydrogen) atoms. The van der Waals surface area contributed by atoms with Gasteiger partial charge < -0.3 is 5.32 Å². The largest absolute Gasteiger partial charge is 0.322 e. The number of hydrogen-bond donors (Lipinski definition) is 2. The van der Waals surface area contributed by atoms with Gasteiger partial charge in [0.1, 0.15) is 0 Å². The Kier molecular flexibility index (Phi) is 6.12. The molecular weight excluding hydrogens is 336 g/mol. The SMILES string of the molecule is C=CCNS(=O)(=O)c1cccc(C(=O)Nc2ccccc2C(C)C)c1. The highest BCUT2D eigenvalue weighted by molar-refractivity contribution is 7.89. The molecule has 1 amide bonds. The van der Waals surface area contributed by atoms with Crippen molar-refractivity contribution < 1.29 is 13.2 Å². The third-order valence-corrected chi connectivity index (χ3v) is 5.08. The minimum Gasteiger partial charge on any atom is -0.322 e. The van der Waals surface area contributed by atoms with E-state index < -0.39 is 10.0 Å². The Morgan fingerprint density at radius 3 is 2.56 bits per heavy atom. The number of anilines is 1. The molecule has 2 aromatic rings. The highest BCUT2D eigenvalue weighted by Crippen LogP contribution is 2.24. The fourth-order valence-electron chi connectivity index (χ4n) is 2.37. The van der Waals surface area contributed by atoms with Gasteiger partial charge in [0.2, 0.25) is 10.0 Å². The van der Waals surface area contributed by atoms with E-state index in [-0.39, 0.29) is 28.8 Å². The zero-order valence-corrected chi connectivity index (χ0v) is 15.1. The lowest BCUT2D eigenvalue weighted by atomic mass is 10.0. The maximum absolute atomic E-state index is 12.5. The van der Waals surface area contributed by atoms with Crippen molar-refractivity contribution >= 4 is 21.6 Å². The van der Waals surface area contributed by atoms with Gasteiger partial charge in [-0.25, -0.2) is 13.1 Å². The second-order valence-electron chi connectivity index (χ2n) is 5.86. The van der Waals surface area contributed by atoms with Crippen LogP contribution >= 0.6 is 0 Å². The smallest absolute Gasteiger partial charge is 0.255 e. The molecule has 2 aromatic carbocycles. The molecule has 2 rings (SSSR count). The van der Waals surface area contributed by atoms with Gasteiger partial charge in [-0.2, -0.15) is 0 Å². The Morgan fingerprint density at radius 1 is 1.16 bits per heavy atom. The summed E-state index contributed by atoms with van der Waals surface area (Å²) in [6.07, 6.45) is 1.46. The summed E-state index contributed by atoms with van der Waals surface area (Å²) in [7, 11) is -3.67. The van der Waals surface area contributed by atoms with Gasteiger partial charge in [0.15, 0.2) is 0 Å². The number of amides is 1. The van der Waals surface area contributed by atoms with Gasteiger partial charge in [-0.1, -0.05) is 44.2 Å². The van der Waals surface area contributed by atoms with Crippen LogP contribution in [0.25, 0.3) is 0 Å². The molecular formula is C19H22N2O3S. The third-order valence-electron chi connectivity index (χ3n) is 3.66. The van der Waals surface area contributed by atoms with Crippen molar-refractivity contribution in [1.82, 2.24) is 4.72 Å². The molecule has 0 unspecified atom stereocenters. The molecule has 6 heteroatoms. The van der Waals surface area contributed by atoms with Crippen LogP contribution in [-0.4, -0.2) is 20.9 Å². The van der Waals surface area contributed by atoms with Crippen LogP contribution in [0, 0.1) is 0 Å². The lowest BCUT2D eigenvalue weighted by Crippen LogP contribution is -2.24. The second-order valence-corrected chi connectivity index (χ2v) is 7.63. The van der Waals surface area contributed by atoms with Gasteiger partial charge in [0.25, 0.3) is 5.91 Å². The molecule has 0 saturated heterocycles. The average Bonchev–Trinajstić information content (AvgIpc) is 2.60. The molecule has 0 radical (unpaired) electrons. The number of carbonyl (C=O) groups is 1. The van der Waals surface area contributed by atoms with E-state index in [4.69, 9.17) is 0 Å². The number of sulfonamides is 1. The molecule has 0 saturated carbocycles. The molecule has 0 heterocycles. The van der Waals surface area contributed by atoms with Crippen LogP contribution in [0.3, 0.4) is 0 Å². The van der Waals surface area contributed by atoms with E-state index in [1.807, 2.05) is 38.1 Å². The molecule has 0 atom stereocenters. The lowest BCUT2D eigenvalue weighted by molar-refractivity contribution is 0.102. The Balaban J connectivity index is 2.27.